The Balaban J connectivity index is -0.000000540. The van der Waals surface area contributed by atoms with Gasteiger partial charge in [-0.15, -0.1) is 0 Å². The van der Waals surface area contributed by atoms with Crippen molar-refractivity contribution < 1.29 is 261 Å². The maximum absolute atomic E-state index is 12.5. The molecule has 8 unspecified atom stereocenters. The predicted molar refractivity (Wildman–Crippen MR) is 110 cm³/mol. The van der Waals surface area contributed by atoms with Crippen LogP contribution in [0.4, 0.5) is 0 Å². The average Bonchev–Trinajstić information content (AvgIpc) is 2.51. The molecule has 0 bridgehead atoms. The molecule has 30 heteroatoms. The first-order chi connectivity index (χ1) is 15.6. The van der Waals surface area contributed by atoms with Crippen molar-refractivity contribution in [3.63, 3.8) is 0 Å². The zero-order valence-corrected chi connectivity index (χ0v) is 42.9. The summed E-state index contributed by atoms with van der Waals surface area (Å²) in [5.41, 5.74) is 0. The number of rotatable bonds is 12. The molecule has 0 amide bonds. The van der Waals surface area contributed by atoms with Gasteiger partial charge in [0.05, 0.1) is 7.82 Å². The molecule has 8 atom stereocenters. The first kappa shape index (κ1) is 61.0. The summed E-state index contributed by atoms with van der Waals surface area (Å²) in [6.45, 7) is 3.65. The Labute approximate surface area is 376 Å². The van der Waals surface area contributed by atoms with Gasteiger partial charge in [-0.25, -0.2) is 0 Å². The molecule has 0 aromatic carbocycles. The number of phosphoric acid groups is 1. The Morgan fingerprint density at radius 1 is 0.357 bits per heavy atom. The molecule has 0 radical (unpaired) electrons. The van der Waals surface area contributed by atoms with E-state index in [1.165, 1.54) is 0 Å². The normalized spacial score (nSPS) is 29.7. The van der Waals surface area contributed by atoms with Crippen LogP contribution in [0.5, 0.6) is 0 Å². The summed E-state index contributed by atoms with van der Waals surface area (Å²) < 4.78 is 100. The topological polar surface area (TPSA) is 296 Å². The van der Waals surface area contributed by atoms with Crippen molar-refractivity contribution in [3.05, 3.63) is 0 Å². The first-order valence-electron chi connectivity index (χ1n) is 9.38. The van der Waals surface area contributed by atoms with E-state index in [1.807, 2.05) is 0 Å². The van der Waals surface area contributed by atoms with Crippen LogP contribution in [0.3, 0.4) is 0 Å². The quantitative estimate of drug-likeness (QED) is 0.131. The summed E-state index contributed by atoms with van der Waals surface area (Å²) in [6, 6.07) is 0. The minimum atomic E-state index is -6.20. The van der Waals surface area contributed by atoms with Crippen LogP contribution in [-0.2, 0) is 54.5 Å². The van der Waals surface area contributed by atoms with Crippen molar-refractivity contribution in [3.8, 4) is 0 Å². The minimum absolute atomic E-state index is 0. The van der Waals surface area contributed by atoms with E-state index >= 15 is 0 Å². The van der Waals surface area contributed by atoms with Crippen molar-refractivity contribution in [1.82, 2.24) is 0 Å². The Bertz CT molecular complexity index is 850. The molecule has 0 N–H and O–H groups in total. The van der Waals surface area contributed by atoms with Crippen LogP contribution in [0.15, 0.2) is 0 Å². The zero-order valence-electron chi connectivity index (χ0n) is 25.5. The monoisotopic (exact) mass is 780 g/mol. The molecule has 1 fully saturated rings. The van der Waals surface area contributed by atoms with Gasteiger partial charge in [0, 0.05) is 40.0 Å². The summed E-state index contributed by atoms with van der Waals surface area (Å²) in [4.78, 5) is 70.8. The largest absolute Gasteiger partial charge is 1.00 e. The second-order valence-electron chi connectivity index (χ2n) is 8.20. The number of hydrogen-bond donors (Lipinski definition) is 0. The molecular formula is C12H24Na6O18P6. The van der Waals surface area contributed by atoms with Gasteiger partial charge in [0.25, 0.3) is 0 Å². The van der Waals surface area contributed by atoms with Gasteiger partial charge in [0.1, 0.15) is 67.0 Å². The Morgan fingerprint density at radius 2 is 0.524 bits per heavy atom. The fraction of sp³-hybridized carbons (Fsp3) is 1.00. The van der Waals surface area contributed by atoms with Crippen LogP contribution in [0.2, 0.25) is 0 Å². The number of phosphoric ester groups is 1. The third kappa shape index (κ3) is 26.6. The molecule has 1 rings (SSSR count). The molecule has 0 heterocycles. The van der Waals surface area contributed by atoms with Crippen molar-refractivity contribution in [1.29, 1.82) is 0 Å². The van der Waals surface area contributed by atoms with Crippen LogP contribution < -0.4 is 207 Å². The van der Waals surface area contributed by atoms with E-state index in [-0.39, 0.29) is 177 Å². The van der Waals surface area contributed by atoms with Gasteiger partial charge in [0.2, 0.25) is 0 Å². The maximum Gasteiger partial charge on any atom is 1.00 e. The summed E-state index contributed by atoms with van der Waals surface area (Å²) in [7, 11) is -30.1. The smallest absolute Gasteiger partial charge is 0.790 e. The Hall–Kier alpha value is 6.90. The van der Waals surface area contributed by atoms with Gasteiger partial charge >= 0.3 is 177 Å². The van der Waals surface area contributed by atoms with Crippen LogP contribution in [0, 0.1) is 0 Å². The van der Waals surface area contributed by atoms with Crippen LogP contribution in [0.25, 0.3) is 0 Å². The third-order valence-corrected chi connectivity index (χ3v) is 7.58. The molecule has 0 aromatic rings. The molecule has 0 saturated heterocycles. The van der Waals surface area contributed by atoms with Crippen molar-refractivity contribution in [2.45, 2.75) is 36.6 Å². The van der Waals surface area contributed by atoms with Crippen LogP contribution in [0.1, 0.15) is 0 Å². The van der Waals surface area contributed by atoms with E-state index in [4.69, 9.17) is 22.6 Å². The minimum Gasteiger partial charge on any atom is -0.790 e. The summed E-state index contributed by atoms with van der Waals surface area (Å²) in [6.07, 6.45) is -14.9. The summed E-state index contributed by atoms with van der Waals surface area (Å²) >= 11 is 0. The fourth-order valence-corrected chi connectivity index (χ4v) is 7.26. The van der Waals surface area contributed by atoms with Gasteiger partial charge in [-0.2, -0.15) is 0 Å². The maximum atomic E-state index is 12.5. The van der Waals surface area contributed by atoms with E-state index in [9.17, 15) is 56.8 Å². The molecule has 18 nitrogen and oxygen atoms in total. The predicted octanol–water partition coefficient (Wildman–Crippen LogP) is -20.6. The van der Waals surface area contributed by atoms with Crippen molar-refractivity contribution >= 4 is 45.6 Å². The Kier molecular flexibility index (Phi) is 34.2. The van der Waals surface area contributed by atoms with Gasteiger partial charge < -0.3 is 79.3 Å². The molecule has 1 aliphatic carbocycles. The molecule has 42 heavy (non-hydrogen) atoms. The van der Waals surface area contributed by atoms with Gasteiger partial charge in [0.15, 0.2) is 7.37 Å². The van der Waals surface area contributed by atoms with E-state index < -0.39 is 82.2 Å². The average molecular weight is 780 g/mol. The molecule has 216 valence electrons. The van der Waals surface area contributed by atoms with Crippen LogP contribution >= 0.6 is 45.6 Å². The molecule has 1 aliphatic rings. The first-order valence-corrected chi connectivity index (χ1v) is 21.3. The molecular weight excluding hydrogens is 756 g/mol. The molecule has 0 aliphatic heterocycles. The van der Waals surface area contributed by atoms with E-state index in [2.05, 4.69) is 4.52 Å². The van der Waals surface area contributed by atoms with Crippen molar-refractivity contribution in [2.24, 2.45) is 0 Å². The van der Waals surface area contributed by atoms with Crippen molar-refractivity contribution in [2.75, 3.05) is 40.0 Å². The second-order valence-corrected chi connectivity index (χ2v) is 19.0. The molecule has 1 saturated carbocycles. The van der Waals surface area contributed by atoms with Gasteiger partial charge in [-0.3, -0.25) is 4.57 Å². The van der Waals surface area contributed by atoms with Crippen LogP contribution in [-0.4, -0.2) is 76.6 Å². The van der Waals surface area contributed by atoms with Gasteiger partial charge in [-0.05, 0) is 0 Å². The molecule has 0 spiro atoms. The number of hydrogen-bond acceptors (Lipinski definition) is 18. The second kappa shape index (κ2) is 23.5. The fourth-order valence-electron chi connectivity index (χ4n) is 3.17. The Morgan fingerprint density at radius 3 is 0.667 bits per heavy atom. The van der Waals surface area contributed by atoms with E-state index in [0.29, 0.717) is 26.7 Å². The third-order valence-electron chi connectivity index (χ3n) is 3.82. The summed E-state index contributed by atoms with van der Waals surface area (Å²) in [5.74, 6) is 0. The summed E-state index contributed by atoms with van der Waals surface area (Å²) in [5, 5.41) is 0. The van der Waals surface area contributed by atoms with E-state index in [1.54, 1.807) is 0 Å². The van der Waals surface area contributed by atoms with Gasteiger partial charge in [-0.1, -0.05) is 0 Å². The zero-order chi connectivity index (χ0) is 28.7. The standard InChI is InChI=1S/C12H30O18P6.6Na/c1-31(2,13)25-7-8(26-32(3,14)15)10(28-34(5,18)19)12(30-36(22,23)24)11(29-35(6,20)21)9(7)27-33(4,16)17;;;;;;/h7-12H,1-6H3,(H,14,15)(H,16,17)(H,18,19)(H,20,21)(H2,22,23,24);;;;;;/q;6*+1/p-6. The molecule has 0 aromatic heterocycles. The van der Waals surface area contributed by atoms with E-state index in [0.717, 1.165) is 13.3 Å². The SMILES string of the molecule is CP(C)(=O)OC1C(OP(C)(=O)[O-])C(OP(C)(=O)[O-])C(OP(=O)([O-])[O-])C(OP(C)(=O)[O-])C1OP(C)(=O)[O-].[Na+].[Na+].[Na+].[Na+].[Na+].[Na+].